The minimum Gasteiger partial charge on any atom is -0.465 e. The Labute approximate surface area is 235 Å². The van der Waals surface area contributed by atoms with Crippen LogP contribution in [-0.2, 0) is 24.7 Å². The summed E-state index contributed by atoms with van der Waals surface area (Å²) in [6, 6.07) is 10.6. The zero-order valence-electron chi connectivity index (χ0n) is 22.6. The van der Waals surface area contributed by atoms with E-state index in [4.69, 9.17) is 4.52 Å². The molecule has 0 saturated heterocycles. The van der Waals surface area contributed by atoms with Crippen molar-refractivity contribution in [3.05, 3.63) is 71.9 Å². The second-order valence-corrected chi connectivity index (χ2v) is 10.8. The molecule has 1 heterocycles. The highest BCUT2D eigenvalue weighted by atomic mass is 31.2. The number of phosphoric ester groups is 1. The first-order chi connectivity index (χ1) is 19.5. The van der Waals surface area contributed by atoms with Crippen molar-refractivity contribution in [3.8, 4) is 0 Å². The molecule has 1 aromatic heterocycles. The van der Waals surface area contributed by atoms with E-state index in [1.54, 1.807) is 18.2 Å². The van der Waals surface area contributed by atoms with Gasteiger partial charge in [-0.2, -0.15) is 0 Å². The van der Waals surface area contributed by atoms with Gasteiger partial charge in [0.15, 0.2) is 11.6 Å². The van der Waals surface area contributed by atoms with Crippen LogP contribution in [0.1, 0.15) is 12.0 Å². The Morgan fingerprint density at radius 3 is 2.44 bits per heavy atom. The van der Waals surface area contributed by atoms with Crippen LogP contribution in [0.3, 0.4) is 0 Å². The molecule has 0 aliphatic heterocycles. The lowest BCUT2D eigenvalue weighted by molar-refractivity contribution is 0.0540. The largest absolute Gasteiger partial charge is 0.474 e. The van der Waals surface area contributed by atoms with Crippen molar-refractivity contribution in [2.24, 2.45) is 0 Å². The Morgan fingerprint density at radius 1 is 1.10 bits per heavy atom. The highest BCUT2D eigenvalue weighted by Crippen LogP contribution is 2.47. The van der Waals surface area contributed by atoms with Gasteiger partial charge in [0.2, 0.25) is 0 Å². The summed E-state index contributed by atoms with van der Waals surface area (Å²) in [5, 5.41) is 24.6. The van der Waals surface area contributed by atoms with Crippen molar-refractivity contribution in [2.45, 2.75) is 25.1 Å². The molecule has 3 rings (SSSR count). The number of phosphoric acid groups is 1. The number of fused-ring (bicyclic) bond motifs is 1. The highest BCUT2D eigenvalue weighted by molar-refractivity contribution is 7.48. The van der Waals surface area contributed by atoms with Crippen molar-refractivity contribution >= 4 is 36.5 Å². The van der Waals surface area contributed by atoms with Crippen molar-refractivity contribution in [1.82, 2.24) is 15.2 Å². The van der Waals surface area contributed by atoms with Gasteiger partial charge < -0.3 is 20.4 Å². The van der Waals surface area contributed by atoms with Gasteiger partial charge in [0.25, 0.3) is 0 Å². The van der Waals surface area contributed by atoms with Crippen LogP contribution in [-0.4, -0.2) is 78.8 Å². The third-order valence-corrected chi connectivity index (χ3v) is 7.62. The number of rotatable bonds is 13. The summed E-state index contributed by atoms with van der Waals surface area (Å²) in [7, 11) is -0.382. The molecule has 0 aliphatic rings. The summed E-state index contributed by atoms with van der Waals surface area (Å²) in [5.74, 6) is -2.11. The van der Waals surface area contributed by atoms with Gasteiger partial charge in [0, 0.05) is 45.0 Å². The number of anilines is 1. The van der Waals surface area contributed by atoms with Crippen molar-refractivity contribution in [2.75, 3.05) is 39.3 Å². The smallest absolute Gasteiger partial charge is 0.465 e. The predicted molar refractivity (Wildman–Crippen MR) is 145 cm³/mol. The number of nitrogens with one attached hydrogen (secondary N) is 1. The SMILES string of the molecule is COP(=O)(OC)OC[C@H](O)C[C@@H](CN(C(=O)O)c1cc2ccccc2cn1)N(C)C(=O)NCc1cccc(F)c1F. The molecule has 0 unspecified atom stereocenters. The maximum atomic E-state index is 14.1. The molecule has 0 aliphatic carbocycles. The van der Waals surface area contributed by atoms with Crippen LogP contribution in [0.2, 0.25) is 0 Å². The van der Waals surface area contributed by atoms with Gasteiger partial charge >= 0.3 is 19.9 Å². The van der Waals surface area contributed by atoms with E-state index in [2.05, 4.69) is 19.3 Å². The van der Waals surface area contributed by atoms with Crippen LogP contribution in [0.25, 0.3) is 10.8 Å². The number of urea groups is 1. The monoisotopic (exact) mass is 596 g/mol. The number of carbonyl (C=O) groups is 2. The van der Waals surface area contributed by atoms with Gasteiger partial charge in [-0.1, -0.05) is 36.4 Å². The van der Waals surface area contributed by atoms with Crippen LogP contribution in [0.15, 0.2) is 54.7 Å². The molecule has 2 atom stereocenters. The molecule has 0 spiro atoms. The van der Waals surface area contributed by atoms with Crippen molar-refractivity contribution in [1.29, 1.82) is 0 Å². The number of carbonyl (C=O) groups excluding carboxylic acids is 1. The van der Waals surface area contributed by atoms with Gasteiger partial charge in [0.05, 0.1) is 25.3 Å². The summed E-state index contributed by atoms with van der Waals surface area (Å²) < 4.78 is 54.3. The summed E-state index contributed by atoms with van der Waals surface area (Å²) >= 11 is 0. The van der Waals surface area contributed by atoms with Gasteiger partial charge in [0.1, 0.15) is 5.82 Å². The molecule has 12 nitrogen and oxygen atoms in total. The van der Waals surface area contributed by atoms with E-state index in [0.717, 1.165) is 40.9 Å². The summed E-state index contributed by atoms with van der Waals surface area (Å²) in [6.07, 6.45) is -1.46. The van der Waals surface area contributed by atoms with E-state index in [9.17, 15) is 33.1 Å². The van der Waals surface area contributed by atoms with Gasteiger partial charge in [-0.3, -0.25) is 18.5 Å². The number of pyridine rings is 1. The van der Waals surface area contributed by atoms with E-state index < -0.39 is 50.3 Å². The lowest BCUT2D eigenvalue weighted by atomic mass is 10.1. The van der Waals surface area contributed by atoms with E-state index >= 15 is 0 Å². The summed E-state index contributed by atoms with van der Waals surface area (Å²) in [5.41, 5.74) is -0.0980. The molecule has 0 saturated carbocycles. The molecule has 2 aromatic carbocycles. The second kappa shape index (κ2) is 14.3. The average Bonchev–Trinajstić information content (AvgIpc) is 2.97. The number of aliphatic hydroxyl groups excluding tert-OH is 1. The average molecular weight is 597 g/mol. The number of likely N-dealkylation sites (N-methyl/N-ethyl adjacent to an activating group) is 1. The normalized spacial score (nSPS) is 13.0. The van der Waals surface area contributed by atoms with Crippen LogP contribution in [0.4, 0.5) is 24.2 Å². The molecule has 0 bridgehead atoms. The van der Waals surface area contributed by atoms with Gasteiger partial charge in [-0.25, -0.2) is 27.9 Å². The molecule has 222 valence electrons. The fourth-order valence-corrected chi connectivity index (χ4v) is 4.66. The predicted octanol–water partition coefficient (Wildman–Crippen LogP) is 4.38. The zero-order valence-corrected chi connectivity index (χ0v) is 23.5. The molecular weight excluding hydrogens is 565 g/mol. The molecule has 3 aromatic rings. The van der Waals surface area contributed by atoms with Crippen LogP contribution in [0.5, 0.6) is 0 Å². The summed E-state index contributed by atoms with van der Waals surface area (Å²) in [6.45, 7) is -1.23. The Hall–Kier alpha value is -3.68. The summed E-state index contributed by atoms with van der Waals surface area (Å²) in [4.78, 5) is 31.6. The number of hydrogen-bond acceptors (Lipinski definition) is 8. The molecule has 0 fully saturated rings. The van der Waals surface area contributed by atoms with E-state index in [1.807, 2.05) is 12.1 Å². The fraction of sp³-hybridized carbons (Fsp3) is 0.346. The first-order valence-electron chi connectivity index (χ1n) is 12.3. The minimum atomic E-state index is -3.92. The van der Waals surface area contributed by atoms with Gasteiger partial charge in [-0.05, 0) is 23.9 Å². The minimum absolute atomic E-state index is 0.0749. The van der Waals surface area contributed by atoms with Crippen molar-refractivity contribution in [3.63, 3.8) is 0 Å². The first-order valence-corrected chi connectivity index (χ1v) is 13.8. The molecule has 15 heteroatoms. The Morgan fingerprint density at radius 2 is 1.78 bits per heavy atom. The number of carboxylic acid groups (broad SMARTS) is 1. The number of halogens is 2. The standard InChI is InChI=1S/C26H31F2N4O8P/c1-31(25(34)30-14-19-9-6-10-22(27)24(19)28)20(12-21(33)16-40-41(37,38-2)39-3)15-32(26(35)36)23-11-17-7-4-5-8-18(17)13-29-23/h4-11,13,20-21,33H,12,14-16H2,1-3H3,(H,30,34)(H,35,36)/t20-,21+/m0/s1. The highest BCUT2D eigenvalue weighted by Gasteiger charge is 2.31. The molecule has 0 radical (unpaired) electrons. The lowest BCUT2D eigenvalue weighted by Crippen LogP contribution is -2.51. The Kier molecular flexibility index (Phi) is 11.1. The first kappa shape index (κ1) is 31.8. The van der Waals surface area contributed by atoms with E-state index in [-0.39, 0.29) is 30.9 Å². The topological polar surface area (TPSA) is 151 Å². The number of benzene rings is 2. The zero-order chi connectivity index (χ0) is 30.2. The van der Waals surface area contributed by atoms with Crippen LogP contribution in [0, 0.1) is 11.6 Å². The molecule has 41 heavy (non-hydrogen) atoms. The lowest BCUT2D eigenvalue weighted by Gasteiger charge is -2.33. The van der Waals surface area contributed by atoms with E-state index in [1.165, 1.54) is 25.4 Å². The number of aliphatic hydroxyl groups is 1. The fourth-order valence-electron chi connectivity index (χ4n) is 3.94. The Balaban J connectivity index is 1.83. The second-order valence-electron chi connectivity index (χ2n) is 8.92. The maximum Gasteiger partial charge on any atom is 0.474 e. The van der Waals surface area contributed by atoms with Crippen LogP contribution >= 0.6 is 7.82 Å². The number of hydrogen-bond donors (Lipinski definition) is 3. The quantitative estimate of drug-likeness (QED) is 0.244. The molecule has 3 N–H and O–H groups in total. The molecule has 3 amide bonds. The third-order valence-electron chi connectivity index (χ3n) is 6.26. The van der Waals surface area contributed by atoms with Crippen molar-refractivity contribution < 1.29 is 46.7 Å². The molecular formula is C26H31F2N4O8P. The maximum absolute atomic E-state index is 14.1. The number of nitrogens with zero attached hydrogens (tertiary/aromatic N) is 3. The number of amides is 3. The third kappa shape index (κ3) is 8.41. The van der Waals surface area contributed by atoms with Gasteiger partial charge in [-0.15, -0.1) is 0 Å². The van der Waals surface area contributed by atoms with Crippen LogP contribution < -0.4 is 10.2 Å². The number of aromatic nitrogens is 1. The van der Waals surface area contributed by atoms with E-state index in [0.29, 0.717) is 0 Å². The Bertz CT molecular complexity index is 1410.